The fraction of sp³-hybridized carbons (Fsp3) is 0.222. The van der Waals surface area contributed by atoms with Gasteiger partial charge in [0.25, 0.3) is 0 Å². The molecule has 0 fully saturated rings. The first-order chi connectivity index (χ1) is 6.13. The van der Waals surface area contributed by atoms with Crippen molar-refractivity contribution >= 4 is 29.5 Å². The van der Waals surface area contributed by atoms with Gasteiger partial charge in [-0.3, -0.25) is 4.79 Å². The number of aldehydes is 1. The molecular weight excluding hydrogens is 211 g/mol. The third-order valence-electron chi connectivity index (χ3n) is 1.40. The monoisotopic (exact) mass is 218 g/mol. The Balaban J connectivity index is 2.83. The van der Waals surface area contributed by atoms with Gasteiger partial charge in [-0.05, 0) is 25.1 Å². The van der Waals surface area contributed by atoms with Crippen LogP contribution in [0, 0.1) is 0 Å². The lowest BCUT2D eigenvalue weighted by Crippen LogP contribution is -2.12. The first-order valence-corrected chi connectivity index (χ1v) is 4.46. The minimum absolute atomic E-state index is 0.404. The Morgan fingerprint density at radius 1 is 1.46 bits per heavy atom. The summed E-state index contributed by atoms with van der Waals surface area (Å²) in [7, 11) is 0. The molecule has 1 aromatic rings. The van der Waals surface area contributed by atoms with E-state index in [0.29, 0.717) is 22.1 Å². The van der Waals surface area contributed by atoms with E-state index in [-0.39, 0.29) is 0 Å². The maximum Gasteiger partial charge on any atom is 0.160 e. The van der Waals surface area contributed by atoms with Gasteiger partial charge < -0.3 is 4.74 Å². The van der Waals surface area contributed by atoms with Crippen LogP contribution in [0.25, 0.3) is 0 Å². The van der Waals surface area contributed by atoms with E-state index in [2.05, 4.69) is 0 Å². The van der Waals surface area contributed by atoms with Gasteiger partial charge in [0.15, 0.2) is 12.4 Å². The number of benzene rings is 1. The van der Waals surface area contributed by atoms with Crippen LogP contribution in [0.4, 0.5) is 0 Å². The molecule has 0 saturated heterocycles. The Labute approximate surface area is 86.4 Å². The zero-order valence-electron chi connectivity index (χ0n) is 6.96. The van der Waals surface area contributed by atoms with Crippen molar-refractivity contribution < 1.29 is 9.53 Å². The molecule has 0 aliphatic heterocycles. The lowest BCUT2D eigenvalue weighted by Gasteiger charge is -2.09. The summed E-state index contributed by atoms with van der Waals surface area (Å²) >= 11 is 11.5. The SMILES string of the molecule is C[C@H](C=O)Oc1ccc(Cl)cc1Cl. The van der Waals surface area contributed by atoms with E-state index in [4.69, 9.17) is 27.9 Å². The van der Waals surface area contributed by atoms with E-state index in [1.54, 1.807) is 25.1 Å². The van der Waals surface area contributed by atoms with Gasteiger partial charge in [0.1, 0.15) is 5.75 Å². The summed E-state index contributed by atoms with van der Waals surface area (Å²) in [6.07, 6.45) is 0.198. The predicted octanol–water partition coefficient (Wildman–Crippen LogP) is 2.96. The number of hydrogen-bond acceptors (Lipinski definition) is 2. The molecule has 0 aromatic heterocycles. The second kappa shape index (κ2) is 4.49. The Hall–Kier alpha value is -0.730. The normalized spacial score (nSPS) is 12.2. The van der Waals surface area contributed by atoms with Crippen LogP contribution in [0.2, 0.25) is 10.0 Å². The molecule has 1 rings (SSSR count). The van der Waals surface area contributed by atoms with E-state index < -0.39 is 6.10 Å². The van der Waals surface area contributed by atoms with Crippen LogP contribution in [0.15, 0.2) is 18.2 Å². The lowest BCUT2D eigenvalue weighted by molar-refractivity contribution is -0.113. The summed E-state index contributed by atoms with van der Waals surface area (Å²) in [6, 6.07) is 4.85. The molecular formula is C9H8Cl2O2. The Morgan fingerprint density at radius 2 is 2.15 bits per heavy atom. The van der Waals surface area contributed by atoms with Crippen molar-refractivity contribution in [2.45, 2.75) is 13.0 Å². The second-order valence-corrected chi connectivity index (χ2v) is 3.38. The zero-order valence-corrected chi connectivity index (χ0v) is 8.47. The van der Waals surface area contributed by atoms with Gasteiger partial charge in [-0.1, -0.05) is 23.2 Å². The Bertz CT molecular complexity index is 312. The first kappa shape index (κ1) is 10.4. The fourth-order valence-electron chi connectivity index (χ4n) is 0.799. The Kier molecular flexibility index (Phi) is 3.58. The van der Waals surface area contributed by atoms with Crippen molar-refractivity contribution in [2.24, 2.45) is 0 Å². The topological polar surface area (TPSA) is 26.3 Å². The van der Waals surface area contributed by atoms with Crippen molar-refractivity contribution in [1.29, 1.82) is 0 Å². The van der Waals surface area contributed by atoms with Crippen LogP contribution in [0.3, 0.4) is 0 Å². The Morgan fingerprint density at radius 3 is 2.69 bits per heavy atom. The third-order valence-corrected chi connectivity index (χ3v) is 1.93. The molecule has 0 aliphatic rings. The number of carbonyl (C=O) groups is 1. The number of rotatable bonds is 3. The number of ether oxygens (including phenoxy) is 1. The molecule has 0 heterocycles. The van der Waals surface area contributed by atoms with Crippen LogP contribution in [-0.4, -0.2) is 12.4 Å². The van der Waals surface area contributed by atoms with Crippen molar-refractivity contribution in [3.63, 3.8) is 0 Å². The summed E-state index contributed by atoms with van der Waals surface area (Å²) in [6.45, 7) is 1.64. The molecule has 0 N–H and O–H groups in total. The van der Waals surface area contributed by atoms with Crippen molar-refractivity contribution in [1.82, 2.24) is 0 Å². The molecule has 2 nitrogen and oxygen atoms in total. The molecule has 0 amide bonds. The van der Waals surface area contributed by atoms with Crippen molar-refractivity contribution in [3.8, 4) is 5.75 Å². The lowest BCUT2D eigenvalue weighted by atomic mass is 10.3. The minimum Gasteiger partial charge on any atom is -0.482 e. The van der Waals surface area contributed by atoms with Gasteiger partial charge in [0.2, 0.25) is 0 Å². The molecule has 13 heavy (non-hydrogen) atoms. The van der Waals surface area contributed by atoms with Gasteiger partial charge in [0.05, 0.1) is 5.02 Å². The summed E-state index contributed by atoms with van der Waals surface area (Å²) in [4.78, 5) is 10.3. The highest BCUT2D eigenvalue weighted by atomic mass is 35.5. The van der Waals surface area contributed by atoms with Gasteiger partial charge in [0, 0.05) is 5.02 Å². The van der Waals surface area contributed by atoms with Gasteiger partial charge in [-0.25, -0.2) is 0 Å². The average Bonchev–Trinajstić information content (AvgIpc) is 2.09. The molecule has 0 radical (unpaired) electrons. The second-order valence-electron chi connectivity index (χ2n) is 2.53. The van der Waals surface area contributed by atoms with Crippen LogP contribution in [0.5, 0.6) is 5.75 Å². The minimum atomic E-state index is -0.501. The summed E-state index contributed by atoms with van der Waals surface area (Å²) in [5.41, 5.74) is 0. The molecule has 0 unspecified atom stereocenters. The molecule has 70 valence electrons. The van der Waals surface area contributed by atoms with Crippen molar-refractivity contribution in [3.05, 3.63) is 28.2 Å². The van der Waals surface area contributed by atoms with Crippen LogP contribution >= 0.6 is 23.2 Å². The highest BCUT2D eigenvalue weighted by Crippen LogP contribution is 2.27. The zero-order chi connectivity index (χ0) is 9.84. The van der Waals surface area contributed by atoms with Crippen LogP contribution in [0.1, 0.15) is 6.92 Å². The van der Waals surface area contributed by atoms with E-state index in [9.17, 15) is 4.79 Å². The van der Waals surface area contributed by atoms with Gasteiger partial charge in [-0.2, -0.15) is 0 Å². The summed E-state index contributed by atoms with van der Waals surface area (Å²) in [5.74, 6) is 0.464. The number of hydrogen-bond donors (Lipinski definition) is 0. The number of carbonyl (C=O) groups excluding carboxylic acids is 1. The first-order valence-electron chi connectivity index (χ1n) is 3.70. The maximum atomic E-state index is 10.3. The summed E-state index contributed by atoms with van der Waals surface area (Å²) < 4.78 is 5.19. The molecule has 0 aliphatic carbocycles. The predicted molar refractivity (Wildman–Crippen MR) is 52.6 cm³/mol. The summed E-state index contributed by atoms with van der Waals surface area (Å²) in [5, 5.41) is 0.942. The fourth-order valence-corrected chi connectivity index (χ4v) is 1.25. The van der Waals surface area contributed by atoms with E-state index >= 15 is 0 Å². The van der Waals surface area contributed by atoms with E-state index in [1.807, 2.05) is 0 Å². The van der Waals surface area contributed by atoms with Crippen LogP contribution in [-0.2, 0) is 4.79 Å². The third kappa shape index (κ3) is 2.90. The van der Waals surface area contributed by atoms with Crippen LogP contribution < -0.4 is 4.74 Å². The standard InChI is InChI=1S/C9H8Cl2O2/c1-6(5-12)13-9-3-2-7(10)4-8(9)11/h2-6H,1H3/t6-/m1/s1. The average molecular weight is 219 g/mol. The highest BCUT2D eigenvalue weighted by molar-refractivity contribution is 6.35. The smallest absolute Gasteiger partial charge is 0.160 e. The maximum absolute atomic E-state index is 10.3. The molecule has 0 spiro atoms. The largest absolute Gasteiger partial charge is 0.482 e. The molecule has 0 bridgehead atoms. The highest BCUT2D eigenvalue weighted by Gasteiger charge is 2.05. The quantitative estimate of drug-likeness (QED) is 0.730. The molecule has 1 atom stereocenters. The molecule has 4 heteroatoms. The number of halogens is 2. The van der Waals surface area contributed by atoms with E-state index in [0.717, 1.165) is 0 Å². The van der Waals surface area contributed by atoms with Gasteiger partial charge in [-0.15, -0.1) is 0 Å². The van der Waals surface area contributed by atoms with E-state index in [1.165, 1.54) is 0 Å². The van der Waals surface area contributed by atoms with Gasteiger partial charge >= 0.3 is 0 Å². The molecule has 1 aromatic carbocycles. The van der Waals surface area contributed by atoms with Crippen molar-refractivity contribution in [2.75, 3.05) is 0 Å². The molecule has 0 saturated carbocycles.